The first kappa shape index (κ1) is 17.8. The van der Waals surface area contributed by atoms with Crippen molar-refractivity contribution in [2.45, 2.75) is 33.1 Å². The standard InChI is InChI=1S/C15H23F2NO3/c1-10-5-12(6-11(2)14(10)21-15(16)17)7-18(3)8-13(19)9-20-4/h5-6,13,15,19H,7-9H2,1-4H3. The van der Waals surface area contributed by atoms with Gasteiger partial charge in [0.25, 0.3) is 0 Å². The van der Waals surface area contributed by atoms with Crippen molar-refractivity contribution in [1.82, 2.24) is 4.90 Å². The van der Waals surface area contributed by atoms with Crippen LogP contribution in [-0.2, 0) is 11.3 Å². The SMILES string of the molecule is COCC(O)CN(C)Cc1cc(C)c(OC(F)F)c(C)c1. The number of alkyl halides is 2. The van der Waals surface area contributed by atoms with Gasteiger partial charge in [0.15, 0.2) is 0 Å². The Morgan fingerprint density at radius 3 is 2.29 bits per heavy atom. The maximum Gasteiger partial charge on any atom is 0.387 e. The van der Waals surface area contributed by atoms with Gasteiger partial charge in [0, 0.05) is 20.2 Å². The summed E-state index contributed by atoms with van der Waals surface area (Å²) in [6.07, 6.45) is -0.552. The van der Waals surface area contributed by atoms with E-state index >= 15 is 0 Å². The van der Waals surface area contributed by atoms with Crippen molar-refractivity contribution >= 4 is 0 Å². The van der Waals surface area contributed by atoms with Gasteiger partial charge in [0.2, 0.25) is 0 Å². The Bertz CT molecular complexity index is 432. The van der Waals surface area contributed by atoms with Crippen LogP contribution in [0, 0.1) is 13.8 Å². The summed E-state index contributed by atoms with van der Waals surface area (Å²) < 4.78 is 34.1. The predicted molar refractivity (Wildman–Crippen MR) is 76.8 cm³/mol. The molecule has 0 aliphatic heterocycles. The number of methoxy groups -OCH3 is 1. The molecule has 1 atom stereocenters. The van der Waals surface area contributed by atoms with E-state index in [1.807, 2.05) is 24.1 Å². The summed E-state index contributed by atoms with van der Waals surface area (Å²) in [5, 5.41) is 9.68. The molecule has 0 radical (unpaired) electrons. The van der Waals surface area contributed by atoms with Crippen molar-refractivity contribution in [3.05, 3.63) is 28.8 Å². The normalized spacial score (nSPS) is 13.0. The predicted octanol–water partition coefficient (Wildman–Crippen LogP) is 2.34. The molecule has 1 rings (SSSR count). The van der Waals surface area contributed by atoms with Gasteiger partial charge in [-0.1, -0.05) is 12.1 Å². The smallest absolute Gasteiger partial charge is 0.387 e. The fourth-order valence-corrected chi connectivity index (χ4v) is 2.39. The molecule has 0 aliphatic carbocycles. The number of ether oxygens (including phenoxy) is 2. The zero-order chi connectivity index (χ0) is 16.0. The second-order valence-corrected chi connectivity index (χ2v) is 5.24. The molecule has 0 spiro atoms. The molecule has 120 valence electrons. The monoisotopic (exact) mass is 303 g/mol. The Kier molecular flexibility index (Phi) is 7.01. The molecular formula is C15H23F2NO3. The van der Waals surface area contributed by atoms with Crippen LogP contribution in [-0.4, -0.2) is 50.0 Å². The van der Waals surface area contributed by atoms with Crippen molar-refractivity contribution in [2.24, 2.45) is 0 Å². The first-order chi connectivity index (χ1) is 9.83. The quantitative estimate of drug-likeness (QED) is 0.800. The topological polar surface area (TPSA) is 41.9 Å². The molecule has 21 heavy (non-hydrogen) atoms. The van der Waals surface area contributed by atoms with Crippen molar-refractivity contribution in [3.8, 4) is 5.75 Å². The van der Waals surface area contributed by atoms with Gasteiger partial charge < -0.3 is 14.6 Å². The molecule has 0 fully saturated rings. The summed E-state index contributed by atoms with van der Waals surface area (Å²) in [6.45, 7) is 2.03. The van der Waals surface area contributed by atoms with Crippen LogP contribution < -0.4 is 4.74 Å². The highest BCUT2D eigenvalue weighted by Gasteiger charge is 2.13. The zero-order valence-electron chi connectivity index (χ0n) is 12.9. The molecule has 0 aromatic heterocycles. The van der Waals surface area contributed by atoms with E-state index < -0.39 is 12.7 Å². The molecule has 0 saturated heterocycles. The lowest BCUT2D eigenvalue weighted by Gasteiger charge is -2.21. The molecule has 1 unspecified atom stereocenters. The Morgan fingerprint density at radius 2 is 1.81 bits per heavy atom. The molecule has 1 aromatic rings. The van der Waals surface area contributed by atoms with Crippen molar-refractivity contribution < 1.29 is 23.4 Å². The van der Waals surface area contributed by atoms with Crippen molar-refractivity contribution in [3.63, 3.8) is 0 Å². The molecule has 0 heterocycles. The van der Waals surface area contributed by atoms with Gasteiger partial charge in [-0.2, -0.15) is 8.78 Å². The van der Waals surface area contributed by atoms with Crippen LogP contribution in [0.5, 0.6) is 5.75 Å². The molecule has 6 heteroatoms. The molecule has 1 N–H and O–H groups in total. The average Bonchev–Trinajstić information content (AvgIpc) is 2.33. The van der Waals surface area contributed by atoms with E-state index in [9.17, 15) is 13.9 Å². The Balaban J connectivity index is 2.72. The van der Waals surface area contributed by atoms with Gasteiger partial charge >= 0.3 is 6.61 Å². The molecule has 0 saturated carbocycles. The minimum Gasteiger partial charge on any atom is -0.434 e. The molecule has 4 nitrogen and oxygen atoms in total. The maximum atomic E-state index is 12.3. The lowest BCUT2D eigenvalue weighted by molar-refractivity contribution is -0.0507. The van der Waals surface area contributed by atoms with Crippen molar-refractivity contribution in [1.29, 1.82) is 0 Å². The number of likely N-dealkylation sites (N-methyl/N-ethyl adjacent to an activating group) is 1. The van der Waals surface area contributed by atoms with Gasteiger partial charge in [-0.3, -0.25) is 4.90 Å². The zero-order valence-corrected chi connectivity index (χ0v) is 12.9. The highest BCUT2D eigenvalue weighted by atomic mass is 19.3. The average molecular weight is 303 g/mol. The molecular weight excluding hydrogens is 280 g/mol. The summed E-state index contributed by atoms with van der Waals surface area (Å²) in [5.74, 6) is 0.232. The third kappa shape index (κ3) is 5.95. The molecule has 1 aromatic carbocycles. The van der Waals surface area contributed by atoms with Crippen LogP contribution in [0.3, 0.4) is 0 Å². The van der Waals surface area contributed by atoms with Crippen LogP contribution >= 0.6 is 0 Å². The number of aliphatic hydroxyl groups excluding tert-OH is 1. The Morgan fingerprint density at radius 1 is 1.24 bits per heavy atom. The number of rotatable bonds is 8. The number of hydrogen-bond donors (Lipinski definition) is 1. The Labute approximate surface area is 124 Å². The van der Waals surface area contributed by atoms with Crippen LogP contribution in [0.25, 0.3) is 0 Å². The lowest BCUT2D eigenvalue weighted by Crippen LogP contribution is -2.31. The van der Waals surface area contributed by atoms with Crippen LogP contribution in [0.15, 0.2) is 12.1 Å². The first-order valence-corrected chi connectivity index (χ1v) is 6.74. The van der Waals surface area contributed by atoms with Gasteiger partial charge in [0.1, 0.15) is 5.75 Å². The summed E-state index contributed by atoms with van der Waals surface area (Å²) in [7, 11) is 3.42. The minimum atomic E-state index is -2.82. The fourth-order valence-electron chi connectivity index (χ4n) is 2.39. The number of aliphatic hydroxyl groups is 1. The number of nitrogens with zero attached hydrogens (tertiary/aromatic N) is 1. The van der Waals surface area contributed by atoms with Gasteiger partial charge in [-0.15, -0.1) is 0 Å². The van der Waals surface area contributed by atoms with Crippen LogP contribution in [0.4, 0.5) is 8.78 Å². The number of aryl methyl sites for hydroxylation is 2. The largest absolute Gasteiger partial charge is 0.434 e. The van der Waals surface area contributed by atoms with Gasteiger partial charge in [-0.25, -0.2) is 0 Å². The van der Waals surface area contributed by atoms with E-state index in [2.05, 4.69) is 4.74 Å². The van der Waals surface area contributed by atoms with E-state index in [1.165, 1.54) is 7.11 Å². The summed E-state index contributed by atoms with van der Waals surface area (Å²) >= 11 is 0. The lowest BCUT2D eigenvalue weighted by atomic mass is 10.1. The van der Waals surface area contributed by atoms with Gasteiger partial charge in [0.05, 0.1) is 12.7 Å². The van der Waals surface area contributed by atoms with Gasteiger partial charge in [-0.05, 0) is 37.6 Å². The van der Waals surface area contributed by atoms with E-state index in [1.54, 1.807) is 13.8 Å². The van der Waals surface area contributed by atoms with E-state index in [0.717, 1.165) is 5.56 Å². The van der Waals surface area contributed by atoms with E-state index in [4.69, 9.17) is 4.74 Å². The van der Waals surface area contributed by atoms with Crippen LogP contribution in [0.1, 0.15) is 16.7 Å². The van der Waals surface area contributed by atoms with E-state index in [0.29, 0.717) is 24.2 Å². The van der Waals surface area contributed by atoms with Crippen LogP contribution in [0.2, 0.25) is 0 Å². The minimum absolute atomic E-state index is 0.232. The maximum absolute atomic E-state index is 12.3. The molecule has 0 bridgehead atoms. The molecule has 0 amide bonds. The second-order valence-electron chi connectivity index (χ2n) is 5.24. The highest BCUT2D eigenvalue weighted by molar-refractivity contribution is 5.43. The summed E-state index contributed by atoms with van der Waals surface area (Å²) in [4.78, 5) is 1.95. The third-order valence-electron chi connectivity index (χ3n) is 3.06. The number of halogens is 2. The van der Waals surface area contributed by atoms with Crippen molar-refractivity contribution in [2.75, 3.05) is 27.3 Å². The second kappa shape index (κ2) is 8.26. The van der Waals surface area contributed by atoms with E-state index in [-0.39, 0.29) is 12.4 Å². The Hall–Kier alpha value is -1.24. The summed E-state index contributed by atoms with van der Waals surface area (Å²) in [5.41, 5.74) is 2.34. The highest BCUT2D eigenvalue weighted by Crippen LogP contribution is 2.26. The number of benzene rings is 1. The first-order valence-electron chi connectivity index (χ1n) is 6.74. The fraction of sp³-hybridized carbons (Fsp3) is 0.600. The summed E-state index contributed by atoms with van der Waals surface area (Å²) in [6, 6.07) is 3.65. The third-order valence-corrected chi connectivity index (χ3v) is 3.06. The number of hydrogen-bond acceptors (Lipinski definition) is 4. The molecule has 0 aliphatic rings.